The molecule has 0 fully saturated rings. The Morgan fingerprint density at radius 1 is 1.27 bits per heavy atom. The second-order valence-corrected chi connectivity index (χ2v) is 2.04. The Labute approximate surface area is 68.9 Å². The van der Waals surface area contributed by atoms with E-state index in [0.29, 0.717) is 0 Å². The molecule has 0 saturated heterocycles. The predicted molar refractivity (Wildman–Crippen MR) is 41.9 cm³/mol. The molecule has 1 rings (SSSR count). The van der Waals surface area contributed by atoms with Crippen molar-refractivity contribution >= 4 is 18.4 Å². The first-order valence-corrected chi connectivity index (χ1v) is 3.04. The molecule has 0 saturated carbocycles. The van der Waals surface area contributed by atoms with E-state index in [4.69, 9.17) is 26.6 Å². The van der Waals surface area contributed by atoms with Crippen LogP contribution in [0.4, 0.5) is 0 Å². The van der Waals surface area contributed by atoms with Gasteiger partial charge < -0.3 is 15.0 Å². The maximum Gasteiger partial charge on any atom is 0.137 e. The molecule has 4 heteroatoms. The molecule has 0 unspecified atom stereocenters. The lowest BCUT2D eigenvalue weighted by atomic mass is 10.3. The van der Waals surface area contributed by atoms with E-state index >= 15 is 0 Å². The van der Waals surface area contributed by atoms with Crippen LogP contribution < -0.4 is 0 Å². The molecule has 1 aromatic rings. The van der Waals surface area contributed by atoms with Crippen molar-refractivity contribution in [3.63, 3.8) is 0 Å². The SMILES string of the molecule is C=O.Oc1ccc(Cl)c(O)c1. The maximum atomic E-state index is 8.81. The summed E-state index contributed by atoms with van der Waals surface area (Å²) in [5.74, 6) is -0.0893. The van der Waals surface area contributed by atoms with Crippen molar-refractivity contribution in [2.24, 2.45) is 0 Å². The molecule has 0 amide bonds. The van der Waals surface area contributed by atoms with E-state index in [1.54, 1.807) is 0 Å². The minimum atomic E-state index is -0.100. The fourth-order valence-electron chi connectivity index (χ4n) is 0.501. The first-order valence-electron chi connectivity index (χ1n) is 2.66. The summed E-state index contributed by atoms with van der Waals surface area (Å²) < 4.78 is 0. The molecule has 0 spiro atoms. The van der Waals surface area contributed by atoms with Gasteiger partial charge >= 0.3 is 0 Å². The van der Waals surface area contributed by atoms with Crippen molar-refractivity contribution in [1.82, 2.24) is 0 Å². The number of hydrogen-bond acceptors (Lipinski definition) is 3. The molecule has 0 aliphatic carbocycles. The Kier molecular flexibility index (Phi) is 4.07. The van der Waals surface area contributed by atoms with Gasteiger partial charge in [-0.1, -0.05) is 11.6 Å². The standard InChI is InChI=1S/C6H5ClO2.CH2O/c7-5-2-1-4(8)3-6(5)9;1-2/h1-3,8-9H;1H2. The number of aromatic hydroxyl groups is 2. The Balaban J connectivity index is 0.000000461. The molecule has 3 nitrogen and oxygen atoms in total. The first-order chi connectivity index (χ1) is 5.20. The normalized spacial score (nSPS) is 8.09. The number of carbonyl (C=O) groups is 1. The molecular formula is C7H7ClO3. The second-order valence-electron chi connectivity index (χ2n) is 1.64. The summed E-state index contributed by atoms with van der Waals surface area (Å²) in [5.41, 5.74) is 0. The van der Waals surface area contributed by atoms with Gasteiger partial charge in [-0.05, 0) is 12.1 Å². The van der Waals surface area contributed by atoms with Crippen LogP contribution in [-0.4, -0.2) is 17.0 Å². The third kappa shape index (κ3) is 2.91. The number of benzene rings is 1. The van der Waals surface area contributed by atoms with Gasteiger partial charge in [0.05, 0.1) is 5.02 Å². The molecule has 2 N–H and O–H groups in total. The lowest BCUT2D eigenvalue weighted by Gasteiger charge is -1.94. The van der Waals surface area contributed by atoms with Gasteiger partial charge in [-0.3, -0.25) is 0 Å². The summed E-state index contributed by atoms with van der Waals surface area (Å²) in [6, 6.07) is 4.01. The van der Waals surface area contributed by atoms with Crippen LogP contribution in [0, 0.1) is 0 Å². The number of carbonyl (C=O) groups excluding carboxylic acids is 1. The summed E-state index contributed by atoms with van der Waals surface area (Å²) in [5, 5.41) is 17.8. The molecule has 60 valence electrons. The summed E-state index contributed by atoms with van der Waals surface area (Å²) >= 11 is 5.42. The largest absolute Gasteiger partial charge is 0.508 e. The van der Waals surface area contributed by atoms with E-state index in [1.165, 1.54) is 18.2 Å². The minimum Gasteiger partial charge on any atom is -0.508 e. The molecule has 1 aromatic carbocycles. The van der Waals surface area contributed by atoms with Gasteiger partial charge in [0.2, 0.25) is 0 Å². The van der Waals surface area contributed by atoms with E-state index < -0.39 is 0 Å². The monoisotopic (exact) mass is 174 g/mol. The molecule has 0 bridgehead atoms. The van der Waals surface area contributed by atoms with Crippen molar-refractivity contribution in [1.29, 1.82) is 0 Å². The Morgan fingerprint density at radius 2 is 1.82 bits per heavy atom. The van der Waals surface area contributed by atoms with Crippen LogP contribution in [0.1, 0.15) is 0 Å². The molecule has 0 aromatic heterocycles. The highest BCUT2D eigenvalue weighted by Crippen LogP contribution is 2.26. The average molecular weight is 175 g/mol. The number of rotatable bonds is 0. The van der Waals surface area contributed by atoms with E-state index in [1.807, 2.05) is 6.79 Å². The van der Waals surface area contributed by atoms with Gasteiger partial charge in [0.1, 0.15) is 18.3 Å². The van der Waals surface area contributed by atoms with E-state index in [-0.39, 0.29) is 16.5 Å². The van der Waals surface area contributed by atoms with Crippen LogP contribution in [0.3, 0.4) is 0 Å². The molecule has 0 aliphatic rings. The Morgan fingerprint density at radius 3 is 2.18 bits per heavy atom. The van der Waals surface area contributed by atoms with Gasteiger partial charge in [0.25, 0.3) is 0 Å². The number of hydrogen-bond donors (Lipinski definition) is 2. The molecule has 11 heavy (non-hydrogen) atoms. The summed E-state index contributed by atoms with van der Waals surface area (Å²) in [6.07, 6.45) is 0. The highest BCUT2D eigenvalue weighted by molar-refractivity contribution is 6.32. The molecule has 0 heterocycles. The van der Waals surface area contributed by atoms with Crippen LogP contribution >= 0.6 is 11.6 Å². The van der Waals surface area contributed by atoms with Crippen LogP contribution in [0.5, 0.6) is 11.5 Å². The smallest absolute Gasteiger partial charge is 0.137 e. The zero-order valence-corrected chi connectivity index (χ0v) is 6.38. The highest BCUT2D eigenvalue weighted by atomic mass is 35.5. The minimum absolute atomic E-state index is 0.0110. The zero-order valence-electron chi connectivity index (χ0n) is 5.62. The maximum absolute atomic E-state index is 8.81. The molecule has 0 atom stereocenters. The van der Waals surface area contributed by atoms with Crippen molar-refractivity contribution in [2.75, 3.05) is 0 Å². The van der Waals surface area contributed by atoms with Gasteiger partial charge in [-0.2, -0.15) is 0 Å². The summed E-state index contributed by atoms with van der Waals surface area (Å²) in [7, 11) is 0. The van der Waals surface area contributed by atoms with Crippen molar-refractivity contribution in [3.05, 3.63) is 23.2 Å². The van der Waals surface area contributed by atoms with E-state index in [0.717, 1.165) is 0 Å². The van der Waals surface area contributed by atoms with E-state index in [2.05, 4.69) is 0 Å². The average Bonchev–Trinajstić information content (AvgIpc) is 2.02. The van der Waals surface area contributed by atoms with Crippen LogP contribution in [-0.2, 0) is 4.79 Å². The summed E-state index contributed by atoms with van der Waals surface area (Å²) in [6.45, 7) is 2.00. The number of phenols is 2. The number of halogens is 1. The topological polar surface area (TPSA) is 57.5 Å². The van der Waals surface area contributed by atoms with Crippen LogP contribution in [0.2, 0.25) is 5.02 Å². The molecule has 0 radical (unpaired) electrons. The van der Waals surface area contributed by atoms with E-state index in [9.17, 15) is 0 Å². The van der Waals surface area contributed by atoms with Gasteiger partial charge in [0, 0.05) is 6.07 Å². The third-order valence-electron chi connectivity index (χ3n) is 0.930. The fraction of sp³-hybridized carbons (Fsp3) is 0. The Hall–Kier alpha value is -1.22. The molecule has 0 aliphatic heterocycles. The first kappa shape index (κ1) is 9.78. The van der Waals surface area contributed by atoms with Crippen molar-refractivity contribution in [2.45, 2.75) is 0 Å². The molecular weight excluding hydrogens is 168 g/mol. The number of phenolic OH excluding ortho intramolecular Hbond substituents is 2. The zero-order chi connectivity index (χ0) is 8.85. The van der Waals surface area contributed by atoms with Gasteiger partial charge in [0.15, 0.2) is 0 Å². The Bertz CT molecular complexity index is 237. The lowest BCUT2D eigenvalue weighted by molar-refractivity contribution is -0.0979. The third-order valence-corrected chi connectivity index (χ3v) is 1.25. The quantitative estimate of drug-likeness (QED) is 0.628. The van der Waals surface area contributed by atoms with Crippen LogP contribution in [0.15, 0.2) is 18.2 Å². The van der Waals surface area contributed by atoms with Crippen LogP contribution in [0.25, 0.3) is 0 Å². The predicted octanol–water partition coefficient (Wildman–Crippen LogP) is 1.57. The summed E-state index contributed by atoms with van der Waals surface area (Å²) in [4.78, 5) is 8.00. The van der Waals surface area contributed by atoms with Gasteiger partial charge in [-0.25, -0.2) is 0 Å². The second kappa shape index (κ2) is 4.57. The lowest BCUT2D eigenvalue weighted by Crippen LogP contribution is -1.66. The fourth-order valence-corrected chi connectivity index (χ4v) is 0.619. The van der Waals surface area contributed by atoms with Crippen molar-refractivity contribution < 1.29 is 15.0 Å². The van der Waals surface area contributed by atoms with Gasteiger partial charge in [-0.15, -0.1) is 0 Å². The van der Waals surface area contributed by atoms with Crippen molar-refractivity contribution in [3.8, 4) is 11.5 Å². The highest BCUT2D eigenvalue weighted by Gasteiger charge is 1.95.